The van der Waals surface area contributed by atoms with Crippen LogP contribution in [0.1, 0.15) is 63.0 Å². The zero-order chi connectivity index (χ0) is 23.2. The lowest BCUT2D eigenvalue weighted by molar-refractivity contribution is 0.104. The van der Waals surface area contributed by atoms with Crippen molar-refractivity contribution in [1.29, 1.82) is 0 Å². The van der Waals surface area contributed by atoms with Crippen molar-refractivity contribution in [2.24, 2.45) is 0 Å². The lowest BCUT2D eigenvalue weighted by Crippen LogP contribution is -2.26. The summed E-state index contributed by atoms with van der Waals surface area (Å²) in [6.07, 6.45) is 5.87. The highest BCUT2D eigenvalue weighted by molar-refractivity contribution is 6.07. The second-order valence-electron chi connectivity index (χ2n) is 9.41. The SMILES string of the molecule is C=CCc1ccc(OC(C)(C)C)c(/C=C/C(=O)c2ccc(NC)cc2)c1OC(C)(C)C. The highest BCUT2D eigenvalue weighted by Crippen LogP contribution is 2.38. The standard InChI is InChI=1S/C27H35NO3/c1-9-10-20-13-18-24(30-26(2,3)4)22(25(20)31-27(5,6)7)16-17-23(29)19-11-14-21(28-8)15-12-19/h9,11-18,28H,1,10H2,2-8H3/b17-16+. The molecule has 166 valence electrons. The molecule has 1 N–H and O–H groups in total. The fourth-order valence-corrected chi connectivity index (χ4v) is 3.00. The van der Waals surface area contributed by atoms with Crippen LogP contribution in [0, 0.1) is 0 Å². The van der Waals surface area contributed by atoms with Crippen molar-refractivity contribution in [3.63, 3.8) is 0 Å². The first-order chi connectivity index (χ1) is 14.4. The van der Waals surface area contributed by atoms with Crippen LogP contribution in [0.5, 0.6) is 11.5 Å². The molecular weight excluding hydrogens is 386 g/mol. The van der Waals surface area contributed by atoms with Crippen molar-refractivity contribution in [3.05, 3.63) is 71.8 Å². The molecule has 0 fully saturated rings. The number of benzene rings is 2. The van der Waals surface area contributed by atoms with Gasteiger partial charge in [0.25, 0.3) is 0 Å². The van der Waals surface area contributed by atoms with Crippen LogP contribution in [0.15, 0.2) is 55.1 Å². The average Bonchev–Trinajstić information content (AvgIpc) is 2.67. The van der Waals surface area contributed by atoms with Gasteiger partial charge in [-0.15, -0.1) is 6.58 Å². The molecule has 2 aromatic rings. The van der Waals surface area contributed by atoms with E-state index >= 15 is 0 Å². The first-order valence-corrected chi connectivity index (χ1v) is 10.6. The minimum Gasteiger partial charge on any atom is -0.487 e. The molecular formula is C27H35NO3. The number of carbonyl (C=O) groups excluding carboxylic acids is 1. The number of allylic oxidation sites excluding steroid dienone is 2. The second kappa shape index (κ2) is 9.86. The van der Waals surface area contributed by atoms with Gasteiger partial charge >= 0.3 is 0 Å². The number of ether oxygens (including phenoxy) is 2. The Hall–Kier alpha value is -3.01. The summed E-state index contributed by atoms with van der Waals surface area (Å²) in [7, 11) is 1.85. The molecule has 2 rings (SSSR count). The number of carbonyl (C=O) groups is 1. The first kappa shape index (κ1) is 24.3. The maximum atomic E-state index is 12.8. The van der Waals surface area contributed by atoms with Gasteiger partial charge in [-0.3, -0.25) is 4.79 Å². The van der Waals surface area contributed by atoms with Gasteiger partial charge in [-0.2, -0.15) is 0 Å². The molecule has 0 aliphatic rings. The van der Waals surface area contributed by atoms with Crippen molar-refractivity contribution in [2.75, 3.05) is 12.4 Å². The van der Waals surface area contributed by atoms with E-state index in [0.29, 0.717) is 23.5 Å². The van der Waals surface area contributed by atoms with Crippen molar-refractivity contribution in [1.82, 2.24) is 0 Å². The van der Waals surface area contributed by atoms with E-state index < -0.39 is 11.2 Å². The van der Waals surface area contributed by atoms with Crippen LogP contribution in [0.2, 0.25) is 0 Å². The molecule has 0 aliphatic heterocycles. The molecule has 2 aromatic carbocycles. The lowest BCUT2D eigenvalue weighted by Gasteiger charge is -2.28. The van der Waals surface area contributed by atoms with Crippen molar-refractivity contribution in [3.8, 4) is 11.5 Å². The third-order valence-electron chi connectivity index (χ3n) is 4.29. The number of ketones is 1. The zero-order valence-corrected chi connectivity index (χ0v) is 19.8. The molecule has 0 atom stereocenters. The zero-order valence-electron chi connectivity index (χ0n) is 19.8. The number of hydrogen-bond acceptors (Lipinski definition) is 4. The van der Waals surface area contributed by atoms with E-state index in [1.165, 1.54) is 0 Å². The van der Waals surface area contributed by atoms with Crippen molar-refractivity contribution >= 4 is 17.5 Å². The van der Waals surface area contributed by atoms with Gasteiger partial charge in [0, 0.05) is 18.3 Å². The highest BCUT2D eigenvalue weighted by Gasteiger charge is 2.22. The Morgan fingerprint density at radius 3 is 2.10 bits per heavy atom. The molecule has 31 heavy (non-hydrogen) atoms. The minimum atomic E-state index is -0.411. The molecule has 0 amide bonds. The van der Waals surface area contributed by atoms with E-state index in [1.54, 1.807) is 12.2 Å². The van der Waals surface area contributed by atoms with E-state index in [-0.39, 0.29) is 5.78 Å². The van der Waals surface area contributed by atoms with Crippen LogP contribution in [0.25, 0.3) is 6.08 Å². The van der Waals surface area contributed by atoms with E-state index in [9.17, 15) is 4.79 Å². The molecule has 0 aliphatic carbocycles. The summed E-state index contributed by atoms with van der Waals surface area (Å²) >= 11 is 0. The predicted molar refractivity (Wildman–Crippen MR) is 130 cm³/mol. The molecule has 0 unspecified atom stereocenters. The minimum absolute atomic E-state index is 0.0832. The average molecular weight is 422 g/mol. The normalized spacial score (nSPS) is 12.0. The summed E-state index contributed by atoms with van der Waals surface area (Å²) in [5, 5.41) is 3.06. The largest absolute Gasteiger partial charge is 0.487 e. The fraction of sp³-hybridized carbons (Fsp3) is 0.370. The summed E-state index contributed by atoms with van der Waals surface area (Å²) in [4.78, 5) is 12.8. The third-order valence-corrected chi connectivity index (χ3v) is 4.29. The van der Waals surface area contributed by atoms with Gasteiger partial charge in [-0.25, -0.2) is 0 Å². The molecule has 0 saturated heterocycles. The quantitative estimate of drug-likeness (QED) is 0.292. The maximum absolute atomic E-state index is 12.8. The van der Waals surface area contributed by atoms with Crippen molar-refractivity contribution < 1.29 is 14.3 Å². The Kier molecular flexibility index (Phi) is 7.72. The molecule has 4 heteroatoms. The monoisotopic (exact) mass is 421 g/mol. The van der Waals surface area contributed by atoms with E-state index in [0.717, 1.165) is 16.8 Å². The Labute approximate surface area is 187 Å². The van der Waals surface area contributed by atoms with Gasteiger partial charge in [0.1, 0.15) is 22.7 Å². The molecule has 4 nitrogen and oxygen atoms in total. The fourth-order valence-electron chi connectivity index (χ4n) is 3.00. The summed E-state index contributed by atoms with van der Waals surface area (Å²) in [6.45, 7) is 15.9. The van der Waals surface area contributed by atoms with E-state index in [4.69, 9.17) is 9.47 Å². The first-order valence-electron chi connectivity index (χ1n) is 10.6. The van der Waals surface area contributed by atoms with Gasteiger partial charge in [-0.05, 0) is 96.0 Å². The summed E-state index contributed by atoms with van der Waals surface area (Å²) < 4.78 is 12.6. The van der Waals surface area contributed by atoms with Gasteiger partial charge in [0.15, 0.2) is 5.78 Å². The molecule has 0 heterocycles. The second-order valence-corrected chi connectivity index (χ2v) is 9.41. The van der Waals surface area contributed by atoms with Crippen molar-refractivity contribution in [2.45, 2.75) is 59.2 Å². The Balaban J connectivity index is 2.55. The summed E-state index contributed by atoms with van der Waals surface area (Å²) in [5.74, 6) is 1.30. The van der Waals surface area contributed by atoms with Gasteiger partial charge in [0.05, 0.1) is 5.56 Å². The van der Waals surface area contributed by atoms with Crippen LogP contribution < -0.4 is 14.8 Å². The van der Waals surface area contributed by atoms with Crippen LogP contribution in [0.3, 0.4) is 0 Å². The molecule has 0 radical (unpaired) electrons. The molecule has 0 saturated carbocycles. The predicted octanol–water partition coefficient (Wildman–Crippen LogP) is 6.71. The topological polar surface area (TPSA) is 47.6 Å². The molecule has 0 bridgehead atoms. The lowest BCUT2D eigenvalue weighted by atomic mass is 10.0. The van der Waals surface area contributed by atoms with Gasteiger partial charge in [-0.1, -0.05) is 12.1 Å². The Morgan fingerprint density at radius 1 is 0.968 bits per heavy atom. The number of anilines is 1. The maximum Gasteiger partial charge on any atom is 0.185 e. The van der Waals surface area contributed by atoms with Crippen LogP contribution in [0.4, 0.5) is 5.69 Å². The van der Waals surface area contributed by atoms with Gasteiger partial charge in [0.2, 0.25) is 0 Å². The van der Waals surface area contributed by atoms with E-state index in [1.807, 2.05) is 91.1 Å². The van der Waals surface area contributed by atoms with Crippen LogP contribution >= 0.6 is 0 Å². The van der Waals surface area contributed by atoms with Gasteiger partial charge < -0.3 is 14.8 Å². The number of rotatable bonds is 8. The number of hydrogen-bond donors (Lipinski definition) is 1. The summed E-state index contributed by atoms with van der Waals surface area (Å²) in [5.41, 5.74) is 2.52. The van der Waals surface area contributed by atoms with Crippen LogP contribution in [-0.2, 0) is 6.42 Å². The summed E-state index contributed by atoms with van der Waals surface area (Å²) in [6, 6.07) is 11.3. The number of nitrogens with one attached hydrogen (secondary N) is 1. The Bertz CT molecular complexity index is 942. The molecule has 0 aromatic heterocycles. The Morgan fingerprint density at radius 2 is 1.58 bits per heavy atom. The third kappa shape index (κ3) is 7.32. The van der Waals surface area contributed by atoms with E-state index in [2.05, 4.69) is 11.9 Å². The smallest absolute Gasteiger partial charge is 0.185 e. The highest BCUT2D eigenvalue weighted by atomic mass is 16.5. The molecule has 0 spiro atoms. The van der Waals surface area contributed by atoms with Crippen LogP contribution in [-0.4, -0.2) is 24.0 Å².